The molecule has 2 nitrogen and oxygen atoms in total. The standard InChI is InChI=1S/C16H26N2/c1-2-3-7-16(17)14-8-10-15(11-9-14)18-12-5-4-6-13-18/h8-11,16H,2-7,12-13,17H2,1H3/t16-/m1/s1. The lowest BCUT2D eigenvalue weighted by molar-refractivity contribution is 0.577. The number of benzene rings is 1. The summed E-state index contributed by atoms with van der Waals surface area (Å²) in [6.45, 7) is 4.63. The van der Waals surface area contributed by atoms with Gasteiger partial charge in [0.15, 0.2) is 0 Å². The minimum Gasteiger partial charge on any atom is -0.372 e. The van der Waals surface area contributed by atoms with E-state index in [1.165, 1.54) is 56.4 Å². The van der Waals surface area contributed by atoms with Crippen molar-refractivity contribution < 1.29 is 0 Å². The highest BCUT2D eigenvalue weighted by atomic mass is 15.1. The van der Waals surface area contributed by atoms with Gasteiger partial charge in [0, 0.05) is 24.8 Å². The van der Waals surface area contributed by atoms with Crippen LogP contribution >= 0.6 is 0 Å². The summed E-state index contributed by atoms with van der Waals surface area (Å²) in [5.41, 5.74) is 8.84. The van der Waals surface area contributed by atoms with Crippen LogP contribution in [0.3, 0.4) is 0 Å². The molecule has 0 saturated carbocycles. The fraction of sp³-hybridized carbons (Fsp3) is 0.625. The average Bonchev–Trinajstić information content (AvgIpc) is 2.46. The Hall–Kier alpha value is -1.02. The van der Waals surface area contributed by atoms with E-state index in [-0.39, 0.29) is 6.04 Å². The van der Waals surface area contributed by atoms with Crippen LogP contribution in [0.25, 0.3) is 0 Å². The van der Waals surface area contributed by atoms with Crippen molar-refractivity contribution in [2.45, 2.75) is 51.5 Å². The van der Waals surface area contributed by atoms with Crippen molar-refractivity contribution >= 4 is 5.69 Å². The van der Waals surface area contributed by atoms with Gasteiger partial charge >= 0.3 is 0 Å². The summed E-state index contributed by atoms with van der Waals surface area (Å²) in [5.74, 6) is 0. The molecular formula is C16H26N2. The first-order chi connectivity index (χ1) is 8.81. The third-order valence-electron chi connectivity index (χ3n) is 3.91. The molecule has 2 heteroatoms. The van der Waals surface area contributed by atoms with Crippen LogP contribution < -0.4 is 10.6 Å². The lowest BCUT2D eigenvalue weighted by Gasteiger charge is -2.29. The summed E-state index contributed by atoms with van der Waals surface area (Å²) in [7, 11) is 0. The highest BCUT2D eigenvalue weighted by Crippen LogP contribution is 2.23. The Labute approximate surface area is 111 Å². The van der Waals surface area contributed by atoms with Gasteiger partial charge in [-0.1, -0.05) is 31.9 Å². The van der Waals surface area contributed by atoms with Crippen molar-refractivity contribution in [2.75, 3.05) is 18.0 Å². The molecule has 1 aliphatic heterocycles. The second-order valence-electron chi connectivity index (χ2n) is 5.39. The Bertz CT molecular complexity index is 339. The number of nitrogens with two attached hydrogens (primary N) is 1. The molecule has 1 saturated heterocycles. The third-order valence-corrected chi connectivity index (χ3v) is 3.91. The van der Waals surface area contributed by atoms with E-state index in [4.69, 9.17) is 5.73 Å². The van der Waals surface area contributed by atoms with E-state index in [1.54, 1.807) is 0 Å². The maximum Gasteiger partial charge on any atom is 0.0366 e. The van der Waals surface area contributed by atoms with Crippen LogP contribution in [-0.4, -0.2) is 13.1 Å². The average molecular weight is 246 g/mol. The molecule has 2 rings (SSSR count). The SMILES string of the molecule is CCCC[C@@H](N)c1ccc(N2CCCCC2)cc1. The topological polar surface area (TPSA) is 29.3 Å². The van der Waals surface area contributed by atoms with E-state index in [1.807, 2.05) is 0 Å². The van der Waals surface area contributed by atoms with Gasteiger partial charge in [-0.25, -0.2) is 0 Å². The molecule has 0 unspecified atom stereocenters. The molecule has 1 aromatic rings. The van der Waals surface area contributed by atoms with Crippen LogP contribution in [0.2, 0.25) is 0 Å². The Balaban J connectivity index is 1.95. The second-order valence-corrected chi connectivity index (χ2v) is 5.39. The normalized spacial score (nSPS) is 17.8. The van der Waals surface area contributed by atoms with Crippen molar-refractivity contribution in [2.24, 2.45) is 5.73 Å². The molecule has 1 heterocycles. The van der Waals surface area contributed by atoms with Gasteiger partial charge in [-0.05, 0) is 43.4 Å². The Kier molecular flexibility index (Phi) is 5.06. The van der Waals surface area contributed by atoms with E-state index in [9.17, 15) is 0 Å². The number of hydrogen-bond acceptors (Lipinski definition) is 2. The van der Waals surface area contributed by atoms with Gasteiger partial charge < -0.3 is 10.6 Å². The smallest absolute Gasteiger partial charge is 0.0366 e. The predicted octanol–water partition coefficient (Wildman–Crippen LogP) is 3.87. The first-order valence-electron chi connectivity index (χ1n) is 7.41. The highest BCUT2D eigenvalue weighted by molar-refractivity contribution is 5.48. The first kappa shape index (κ1) is 13.4. The molecule has 1 aliphatic rings. The molecule has 0 bridgehead atoms. The summed E-state index contributed by atoms with van der Waals surface area (Å²) in [4.78, 5) is 2.49. The Morgan fingerprint density at radius 2 is 1.78 bits per heavy atom. The first-order valence-corrected chi connectivity index (χ1v) is 7.41. The van der Waals surface area contributed by atoms with Gasteiger partial charge in [0.2, 0.25) is 0 Å². The lowest BCUT2D eigenvalue weighted by Crippen LogP contribution is -2.29. The largest absolute Gasteiger partial charge is 0.372 e. The molecule has 100 valence electrons. The summed E-state index contributed by atoms with van der Waals surface area (Å²) in [6.07, 6.45) is 7.58. The second kappa shape index (κ2) is 6.79. The van der Waals surface area contributed by atoms with Gasteiger partial charge in [-0.3, -0.25) is 0 Å². The number of hydrogen-bond donors (Lipinski definition) is 1. The Morgan fingerprint density at radius 1 is 1.11 bits per heavy atom. The molecule has 0 radical (unpaired) electrons. The number of rotatable bonds is 5. The molecule has 1 fully saturated rings. The predicted molar refractivity (Wildman–Crippen MR) is 79.0 cm³/mol. The fourth-order valence-electron chi connectivity index (χ4n) is 2.68. The van der Waals surface area contributed by atoms with Crippen LogP contribution in [0, 0.1) is 0 Å². The molecule has 0 aromatic heterocycles. The third kappa shape index (κ3) is 3.49. The van der Waals surface area contributed by atoms with Gasteiger partial charge in [-0.15, -0.1) is 0 Å². The van der Waals surface area contributed by atoms with Crippen LogP contribution in [0.4, 0.5) is 5.69 Å². The van der Waals surface area contributed by atoms with Gasteiger partial charge in [-0.2, -0.15) is 0 Å². The van der Waals surface area contributed by atoms with Gasteiger partial charge in [0.05, 0.1) is 0 Å². The van der Waals surface area contributed by atoms with Crippen molar-refractivity contribution in [1.82, 2.24) is 0 Å². The molecule has 2 N–H and O–H groups in total. The Morgan fingerprint density at radius 3 is 2.39 bits per heavy atom. The maximum absolute atomic E-state index is 6.20. The van der Waals surface area contributed by atoms with E-state index < -0.39 is 0 Å². The zero-order chi connectivity index (χ0) is 12.8. The lowest BCUT2D eigenvalue weighted by atomic mass is 10.0. The van der Waals surface area contributed by atoms with E-state index in [2.05, 4.69) is 36.1 Å². The molecule has 1 aromatic carbocycles. The molecule has 0 spiro atoms. The maximum atomic E-state index is 6.20. The van der Waals surface area contributed by atoms with E-state index in [0.717, 1.165) is 6.42 Å². The van der Waals surface area contributed by atoms with Crippen molar-refractivity contribution in [3.63, 3.8) is 0 Å². The number of unbranched alkanes of at least 4 members (excludes halogenated alkanes) is 1. The van der Waals surface area contributed by atoms with Gasteiger partial charge in [0.1, 0.15) is 0 Å². The minimum absolute atomic E-state index is 0.209. The minimum atomic E-state index is 0.209. The summed E-state index contributed by atoms with van der Waals surface area (Å²) >= 11 is 0. The summed E-state index contributed by atoms with van der Waals surface area (Å²) in [5, 5.41) is 0. The van der Waals surface area contributed by atoms with E-state index >= 15 is 0 Å². The van der Waals surface area contributed by atoms with Crippen LogP contribution in [0.15, 0.2) is 24.3 Å². The van der Waals surface area contributed by atoms with Crippen LogP contribution in [-0.2, 0) is 0 Å². The number of anilines is 1. The quantitative estimate of drug-likeness (QED) is 0.854. The fourth-order valence-corrected chi connectivity index (χ4v) is 2.68. The van der Waals surface area contributed by atoms with Gasteiger partial charge in [0.25, 0.3) is 0 Å². The number of nitrogens with zero attached hydrogens (tertiary/aromatic N) is 1. The summed E-state index contributed by atoms with van der Waals surface area (Å²) in [6, 6.07) is 9.12. The molecule has 0 aliphatic carbocycles. The van der Waals surface area contributed by atoms with Crippen molar-refractivity contribution in [3.05, 3.63) is 29.8 Å². The number of piperidine rings is 1. The molecule has 18 heavy (non-hydrogen) atoms. The zero-order valence-electron chi connectivity index (χ0n) is 11.6. The molecule has 1 atom stereocenters. The molecular weight excluding hydrogens is 220 g/mol. The highest BCUT2D eigenvalue weighted by Gasteiger charge is 2.11. The van der Waals surface area contributed by atoms with Crippen molar-refractivity contribution in [1.29, 1.82) is 0 Å². The summed E-state index contributed by atoms with van der Waals surface area (Å²) < 4.78 is 0. The molecule has 0 amide bonds. The van der Waals surface area contributed by atoms with E-state index in [0.29, 0.717) is 0 Å². The monoisotopic (exact) mass is 246 g/mol. The zero-order valence-corrected chi connectivity index (χ0v) is 11.6. The van der Waals surface area contributed by atoms with Crippen molar-refractivity contribution in [3.8, 4) is 0 Å². The van der Waals surface area contributed by atoms with Crippen LogP contribution in [0.5, 0.6) is 0 Å². The van der Waals surface area contributed by atoms with Crippen LogP contribution in [0.1, 0.15) is 57.1 Å².